The molecule has 1 aromatic carbocycles. The van der Waals surface area contributed by atoms with Gasteiger partial charge in [0.2, 0.25) is 0 Å². The molecule has 5 heteroatoms. The molecule has 0 radical (unpaired) electrons. The molecule has 0 atom stereocenters. The van der Waals surface area contributed by atoms with Gasteiger partial charge in [-0.3, -0.25) is 0 Å². The summed E-state index contributed by atoms with van der Waals surface area (Å²) in [5.74, 6) is 0.0645. The topological polar surface area (TPSA) is 57.9 Å². The molecule has 0 spiro atoms. The third-order valence-corrected chi connectivity index (χ3v) is 4.14. The van der Waals surface area contributed by atoms with Crippen LogP contribution in [-0.4, -0.2) is 14.2 Å². The van der Waals surface area contributed by atoms with Crippen LogP contribution in [-0.2, 0) is 9.84 Å². The largest absolute Gasteiger partial charge is 0.224 e. The zero-order valence-electron chi connectivity index (χ0n) is 8.69. The van der Waals surface area contributed by atoms with Crippen molar-refractivity contribution in [3.63, 3.8) is 0 Å². The van der Waals surface area contributed by atoms with E-state index in [1.165, 1.54) is 12.1 Å². The average molecular weight is 258 g/mol. The lowest BCUT2D eigenvalue weighted by Crippen LogP contribution is -2.06. The van der Waals surface area contributed by atoms with Crippen LogP contribution in [0, 0.1) is 11.3 Å². The summed E-state index contributed by atoms with van der Waals surface area (Å²) in [4.78, 5) is 0.247. The van der Waals surface area contributed by atoms with E-state index in [9.17, 15) is 8.42 Å². The van der Waals surface area contributed by atoms with Crippen molar-refractivity contribution in [2.24, 2.45) is 0 Å². The van der Waals surface area contributed by atoms with Gasteiger partial charge in [-0.1, -0.05) is 17.7 Å². The highest BCUT2D eigenvalue weighted by atomic mass is 35.5. The van der Waals surface area contributed by atoms with Gasteiger partial charge in [0, 0.05) is 11.4 Å². The molecular formula is C11H12ClNO2S. The van der Waals surface area contributed by atoms with Crippen molar-refractivity contribution in [3.8, 4) is 6.07 Å². The van der Waals surface area contributed by atoms with Gasteiger partial charge in [0.05, 0.1) is 16.7 Å². The highest BCUT2D eigenvalue weighted by Crippen LogP contribution is 2.17. The molecule has 3 nitrogen and oxygen atoms in total. The van der Waals surface area contributed by atoms with E-state index < -0.39 is 9.84 Å². The highest BCUT2D eigenvalue weighted by molar-refractivity contribution is 7.91. The van der Waals surface area contributed by atoms with Gasteiger partial charge in [-0.15, -0.1) is 0 Å². The number of sulfone groups is 1. The molecule has 0 fully saturated rings. The summed E-state index contributed by atoms with van der Waals surface area (Å²) in [6.45, 7) is 0. The minimum Gasteiger partial charge on any atom is -0.224 e. The minimum atomic E-state index is -3.26. The summed E-state index contributed by atoms with van der Waals surface area (Å²) >= 11 is 5.73. The van der Waals surface area contributed by atoms with Gasteiger partial charge < -0.3 is 0 Å². The molecule has 1 rings (SSSR count). The Hall–Kier alpha value is -1.05. The Kier molecular flexibility index (Phi) is 4.78. The third-order valence-electron chi connectivity index (χ3n) is 2.11. The van der Waals surface area contributed by atoms with E-state index in [-0.39, 0.29) is 10.6 Å². The van der Waals surface area contributed by atoms with E-state index in [0.29, 0.717) is 24.3 Å². The van der Waals surface area contributed by atoms with E-state index in [4.69, 9.17) is 16.9 Å². The van der Waals surface area contributed by atoms with E-state index in [0.717, 1.165) is 0 Å². The van der Waals surface area contributed by atoms with Crippen molar-refractivity contribution in [1.29, 1.82) is 5.26 Å². The Morgan fingerprint density at radius 2 is 2.06 bits per heavy atom. The highest BCUT2D eigenvalue weighted by Gasteiger charge is 2.13. The second-order valence-electron chi connectivity index (χ2n) is 3.39. The zero-order chi connectivity index (χ0) is 12.0. The lowest BCUT2D eigenvalue weighted by molar-refractivity contribution is 0.592. The quantitative estimate of drug-likeness (QED) is 0.762. The Balaban J connectivity index is 2.68. The summed E-state index contributed by atoms with van der Waals surface area (Å²) in [6.07, 6.45) is 1.50. The van der Waals surface area contributed by atoms with Gasteiger partial charge >= 0.3 is 0 Å². The lowest BCUT2D eigenvalue weighted by atomic mass is 10.3. The van der Waals surface area contributed by atoms with Gasteiger partial charge in [-0.2, -0.15) is 5.26 Å². The number of benzene rings is 1. The van der Waals surface area contributed by atoms with Crippen LogP contribution >= 0.6 is 11.6 Å². The molecule has 0 aliphatic rings. The first kappa shape index (κ1) is 13.0. The number of nitriles is 1. The molecule has 86 valence electrons. The first-order valence-corrected chi connectivity index (χ1v) is 6.94. The fourth-order valence-corrected chi connectivity index (χ4v) is 2.94. The Bertz CT molecular complexity index is 491. The maximum absolute atomic E-state index is 11.8. The summed E-state index contributed by atoms with van der Waals surface area (Å²) < 4.78 is 23.6. The van der Waals surface area contributed by atoms with Crippen LogP contribution in [0.1, 0.15) is 19.3 Å². The molecule has 0 aliphatic heterocycles. The molecule has 0 aliphatic carbocycles. The standard InChI is InChI=1S/C11H12ClNO2S/c12-10-5-4-6-11(9-10)16(14,15)8-3-1-2-7-13/h4-6,9H,1-3,8H2. The second kappa shape index (κ2) is 5.88. The molecule has 0 saturated carbocycles. The molecule has 0 heterocycles. The molecule has 0 saturated heterocycles. The van der Waals surface area contributed by atoms with Crippen molar-refractivity contribution in [1.82, 2.24) is 0 Å². The SMILES string of the molecule is N#CCCCCS(=O)(=O)c1cccc(Cl)c1. The van der Waals surface area contributed by atoms with Crippen molar-refractivity contribution in [2.45, 2.75) is 24.2 Å². The van der Waals surface area contributed by atoms with Crippen LogP contribution in [0.5, 0.6) is 0 Å². The van der Waals surface area contributed by atoms with Crippen LogP contribution in [0.2, 0.25) is 5.02 Å². The first-order valence-electron chi connectivity index (χ1n) is 4.91. The number of halogens is 1. The van der Waals surface area contributed by atoms with E-state index >= 15 is 0 Å². The van der Waals surface area contributed by atoms with Crippen LogP contribution in [0.4, 0.5) is 0 Å². The molecular weight excluding hydrogens is 246 g/mol. The van der Waals surface area contributed by atoms with Gasteiger partial charge in [-0.05, 0) is 31.0 Å². The summed E-state index contributed by atoms with van der Waals surface area (Å²) in [7, 11) is -3.26. The molecule has 0 N–H and O–H groups in total. The number of hydrogen-bond acceptors (Lipinski definition) is 3. The zero-order valence-corrected chi connectivity index (χ0v) is 10.3. The van der Waals surface area contributed by atoms with Crippen LogP contribution in [0.25, 0.3) is 0 Å². The van der Waals surface area contributed by atoms with Crippen LogP contribution in [0.15, 0.2) is 29.2 Å². The monoisotopic (exact) mass is 257 g/mol. The minimum absolute atomic E-state index is 0.0645. The van der Waals surface area contributed by atoms with Gasteiger partial charge in [0.15, 0.2) is 9.84 Å². The molecule has 0 aromatic heterocycles. The number of unbranched alkanes of at least 4 members (excludes halogenated alkanes) is 2. The number of rotatable bonds is 5. The number of nitrogens with zero attached hydrogens (tertiary/aromatic N) is 1. The van der Waals surface area contributed by atoms with Gasteiger partial charge in [-0.25, -0.2) is 8.42 Å². The van der Waals surface area contributed by atoms with Crippen molar-refractivity contribution in [2.75, 3.05) is 5.75 Å². The molecule has 0 amide bonds. The van der Waals surface area contributed by atoms with Gasteiger partial charge in [0.25, 0.3) is 0 Å². The van der Waals surface area contributed by atoms with Gasteiger partial charge in [0.1, 0.15) is 0 Å². The fourth-order valence-electron chi connectivity index (χ4n) is 1.27. The molecule has 1 aromatic rings. The van der Waals surface area contributed by atoms with Crippen molar-refractivity contribution in [3.05, 3.63) is 29.3 Å². The summed E-state index contributed by atoms with van der Waals surface area (Å²) in [6, 6.07) is 8.22. The second-order valence-corrected chi connectivity index (χ2v) is 5.94. The molecule has 16 heavy (non-hydrogen) atoms. The van der Waals surface area contributed by atoms with E-state index in [2.05, 4.69) is 0 Å². The Labute approximate surface area is 101 Å². The summed E-state index contributed by atoms with van der Waals surface area (Å²) in [5, 5.41) is 8.75. The van der Waals surface area contributed by atoms with Crippen LogP contribution in [0.3, 0.4) is 0 Å². The van der Waals surface area contributed by atoms with Crippen molar-refractivity contribution >= 4 is 21.4 Å². The van der Waals surface area contributed by atoms with Crippen molar-refractivity contribution < 1.29 is 8.42 Å². The smallest absolute Gasteiger partial charge is 0.178 e. The third kappa shape index (κ3) is 3.84. The average Bonchev–Trinajstić information content (AvgIpc) is 2.24. The fraction of sp³-hybridized carbons (Fsp3) is 0.364. The molecule has 0 bridgehead atoms. The first-order chi connectivity index (χ1) is 7.56. The predicted octanol–water partition coefficient (Wildman–Crippen LogP) is 2.81. The maximum Gasteiger partial charge on any atom is 0.178 e. The Morgan fingerprint density at radius 1 is 1.31 bits per heavy atom. The number of hydrogen-bond donors (Lipinski definition) is 0. The van der Waals surface area contributed by atoms with E-state index in [1.54, 1.807) is 12.1 Å². The van der Waals surface area contributed by atoms with Crippen LogP contribution < -0.4 is 0 Å². The summed E-state index contributed by atoms with van der Waals surface area (Å²) in [5.41, 5.74) is 0. The van der Waals surface area contributed by atoms with E-state index in [1.807, 2.05) is 6.07 Å². The normalized spacial score (nSPS) is 11.0. The lowest BCUT2D eigenvalue weighted by Gasteiger charge is -2.03. The molecule has 0 unspecified atom stereocenters. The predicted molar refractivity (Wildman–Crippen MR) is 63.0 cm³/mol. The Morgan fingerprint density at radius 3 is 2.69 bits per heavy atom. The maximum atomic E-state index is 11.8.